The van der Waals surface area contributed by atoms with Crippen molar-refractivity contribution in [3.05, 3.63) is 96.1 Å². The number of benzene rings is 4. The molecule has 45 heavy (non-hydrogen) atoms. The van der Waals surface area contributed by atoms with Crippen molar-refractivity contribution in [3.8, 4) is 5.75 Å². The maximum absolute atomic E-state index is 13.8. The molecule has 0 aromatic heterocycles. The van der Waals surface area contributed by atoms with E-state index in [1.807, 2.05) is 56.3 Å². The highest BCUT2D eigenvalue weighted by Gasteiger charge is 2.35. The van der Waals surface area contributed by atoms with E-state index in [9.17, 15) is 23.1 Å². The number of urea groups is 1. The monoisotopic (exact) mass is 630 g/mol. The number of sulfonamides is 1. The molecule has 1 aliphatic rings. The predicted octanol–water partition coefficient (Wildman–Crippen LogP) is 5.33. The Balaban J connectivity index is 1.41. The molecule has 1 heterocycles. The molecule has 4 aromatic carbocycles. The summed E-state index contributed by atoms with van der Waals surface area (Å²) >= 11 is 0. The molecule has 3 atom stereocenters. The summed E-state index contributed by atoms with van der Waals surface area (Å²) in [4.78, 5) is 28.6. The number of carbonyl (C=O) groups excluding carboxylic acids is 2. The van der Waals surface area contributed by atoms with Crippen molar-refractivity contribution in [3.63, 3.8) is 0 Å². The molecule has 10 nitrogen and oxygen atoms in total. The molecule has 4 aromatic rings. The first-order chi connectivity index (χ1) is 21.5. The van der Waals surface area contributed by atoms with Crippen molar-refractivity contribution in [2.24, 2.45) is 5.92 Å². The Hall–Kier alpha value is -4.45. The molecule has 1 aliphatic heterocycles. The second kappa shape index (κ2) is 13.3. The number of aliphatic hydroxyl groups is 1. The maximum atomic E-state index is 13.8. The van der Waals surface area contributed by atoms with Gasteiger partial charge in [0.25, 0.3) is 5.91 Å². The molecule has 3 amide bonds. The minimum absolute atomic E-state index is 0.0276. The van der Waals surface area contributed by atoms with Crippen LogP contribution in [0.2, 0.25) is 0 Å². The number of likely N-dealkylation sites (N-methyl/N-ethyl adjacent to an activating group) is 1. The van der Waals surface area contributed by atoms with E-state index in [4.69, 9.17) is 4.74 Å². The summed E-state index contributed by atoms with van der Waals surface area (Å²) in [6, 6.07) is 23.8. The molecule has 0 unspecified atom stereocenters. The van der Waals surface area contributed by atoms with Crippen LogP contribution < -0.4 is 15.4 Å². The van der Waals surface area contributed by atoms with Crippen LogP contribution in [0.1, 0.15) is 29.8 Å². The molecule has 5 rings (SSSR count). The summed E-state index contributed by atoms with van der Waals surface area (Å²) in [5, 5.41) is 17.5. The van der Waals surface area contributed by atoms with Crippen molar-refractivity contribution >= 4 is 44.1 Å². The number of hydrogen-bond acceptors (Lipinski definition) is 6. The van der Waals surface area contributed by atoms with E-state index >= 15 is 0 Å². The quantitative estimate of drug-likeness (QED) is 0.241. The molecule has 0 saturated heterocycles. The van der Waals surface area contributed by atoms with Crippen LogP contribution in [-0.4, -0.2) is 73.6 Å². The first-order valence-electron chi connectivity index (χ1n) is 14.8. The van der Waals surface area contributed by atoms with E-state index in [2.05, 4.69) is 10.6 Å². The largest absolute Gasteiger partial charge is 0.488 e. The zero-order chi connectivity index (χ0) is 32.3. The molecule has 236 valence electrons. The third-order valence-corrected chi connectivity index (χ3v) is 9.96. The summed E-state index contributed by atoms with van der Waals surface area (Å²) in [5.74, 6) is -0.389. The second-order valence-electron chi connectivity index (χ2n) is 11.5. The number of rotatable bonds is 8. The van der Waals surface area contributed by atoms with Gasteiger partial charge in [0.05, 0.1) is 35.3 Å². The normalized spacial score (nSPS) is 17.6. The van der Waals surface area contributed by atoms with E-state index < -0.39 is 28.2 Å². The first kappa shape index (κ1) is 32.0. The van der Waals surface area contributed by atoms with E-state index in [1.165, 1.54) is 17.4 Å². The van der Waals surface area contributed by atoms with Crippen molar-refractivity contribution in [2.45, 2.75) is 37.8 Å². The highest BCUT2D eigenvalue weighted by molar-refractivity contribution is 7.89. The van der Waals surface area contributed by atoms with Crippen molar-refractivity contribution in [1.29, 1.82) is 0 Å². The van der Waals surface area contributed by atoms with E-state index in [-0.39, 0.29) is 47.7 Å². The zero-order valence-corrected chi connectivity index (χ0v) is 26.5. The number of amides is 3. The zero-order valence-electron chi connectivity index (χ0n) is 25.7. The van der Waals surface area contributed by atoms with Gasteiger partial charge in [0.1, 0.15) is 11.9 Å². The Morgan fingerprint density at radius 1 is 1.04 bits per heavy atom. The summed E-state index contributed by atoms with van der Waals surface area (Å²) in [5.41, 5.74) is 2.15. The Labute approximate surface area is 263 Å². The standard InChI is InChI=1S/C34H38N4O6S/c1-22-12-15-27(16-13-22)45(42,43)37(4)20-32-23(2)19-38(24(3)21-39)33(40)29-18-26(14-17-31(29)44-32)35-34(41)36-30-11-7-9-25-8-5-6-10-28(25)30/h5-18,23-24,32,39H,19-21H2,1-4H3,(H2,35,36,41)/t23-,24+,32+/m0/s1. The maximum Gasteiger partial charge on any atom is 0.323 e. The van der Waals surface area contributed by atoms with Gasteiger partial charge in [-0.05, 0) is 55.6 Å². The summed E-state index contributed by atoms with van der Waals surface area (Å²) in [7, 11) is -2.30. The van der Waals surface area contributed by atoms with Gasteiger partial charge in [-0.3, -0.25) is 4.79 Å². The van der Waals surface area contributed by atoms with Gasteiger partial charge in [-0.15, -0.1) is 0 Å². The van der Waals surface area contributed by atoms with Gasteiger partial charge in [0.2, 0.25) is 10.0 Å². The lowest BCUT2D eigenvalue weighted by atomic mass is 9.99. The fourth-order valence-electron chi connectivity index (χ4n) is 5.38. The molecule has 0 fully saturated rings. The lowest BCUT2D eigenvalue weighted by Crippen LogP contribution is -2.50. The fraction of sp³-hybridized carbons (Fsp3) is 0.294. The third kappa shape index (κ3) is 6.95. The second-order valence-corrected chi connectivity index (χ2v) is 13.6. The molecular weight excluding hydrogens is 592 g/mol. The van der Waals surface area contributed by atoms with Crippen molar-refractivity contribution in [1.82, 2.24) is 9.21 Å². The van der Waals surface area contributed by atoms with Crippen LogP contribution in [0.15, 0.2) is 89.8 Å². The van der Waals surface area contributed by atoms with Gasteiger partial charge in [-0.1, -0.05) is 61.0 Å². The van der Waals surface area contributed by atoms with Gasteiger partial charge in [-0.25, -0.2) is 13.2 Å². The smallest absolute Gasteiger partial charge is 0.323 e. The van der Waals surface area contributed by atoms with Crippen molar-refractivity contribution < 1.29 is 27.9 Å². The Bertz CT molecular complexity index is 1810. The fourth-order valence-corrected chi connectivity index (χ4v) is 6.56. The molecule has 0 saturated carbocycles. The molecule has 0 radical (unpaired) electrons. The number of anilines is 2. The molecule has 11 heteroatoms. The summed E-state index contributed by atoms with van der Waals surface area (Å²) in [6.07, 6.45) is -0.621. The van der Waals surface area contributed by atoms with E-state index in [0.29, 0.717) is 11.4 Å². The Morgan fingerprint density at radius 2 is 1.76 bits per heavy atom. The Kier molecular flexibility index (Phi) is 9.42. The lowest BCUT2D eigenvalue weighted by molar-refractivity contribution is 0.0387. The van der Waals surface area contributed by atoms with Crippen LogP contribution in [-0.2, 0) is 10.0 Å². The molecule has 3 N–H and O–H groups in total. The summed E-state index contributed by atoms with van der Waals surface area (Å²) < 4.78 is 34.4. The highest BCUT2D eigenvalue weighted by atomic mass is 32.2. The third-order valence-electron chi connectivity index (χ3n) is 8.13. The number of hydrogen-bond donors (Lipinski definition) is 3. The van der Waals surface area contributed by atoms with Crippen LogP contribution in [0.25, 0.3) is 10.8 Å². The van der Waals surface area contributed by atoms with Crippen LogP contribution in [0.4, 0.5) is 16.2 Å². The van der Waals surface area contributed by atoms with Gasteiger partial charge in [0, 0.05) is 30.6 Å². The lowest BCUT2D eigenvalue weighted by Gasteiger charge is -2.38. The number of nitrogens with zero attached hydrogens (tertiary/aromatic N) is 2. The average Bonchev–Trinajstić information content (AvgIpc) is 3.03. The number of aliphatic hydroxyl groups excluding tert-OH is 1. The minimum atomic E-state index is -3.80. The molecule has 0 aliphatic carbocycles. The number of ether oxygens (including phenoxy) is 1. The summed E-state index contributed by atoms with van der Waals surface area (Å²) in [6.45, 7) is 5.52. The molecular formula is C34H38N4O6S. The van der Waals surface area contributed by atoms with Crippen LogP contribution in [0.5, 0.6) is 5.75 Å². The van der Waals surface area contributed by atoms with Crippen LogP contribution in [0.3, 0.4) is 0 Å². The predicted molar refractivity (Wildman–Crippen MR) is 175 cm³/mol. The number of nitrogens with one attached hydrogen (secondary N) is 2. The van der Waals surface area contributed by atoms with Gasteiger partial charge < -0.3 is 25.4 Å². The van der Waals surface area contributed by atoms with E-state index in [0.717, 1.165) is 16.3 Å². The SMILES string of the molecule is Cc1ccc(S(=O)(=O)N(C)C[C@H]2Oc3ccc(NC(=O)Nc4cccc5ccccc45)cc3C(=O)N([C@H](C)CO)C[C@@H]2C)cc1. The molecule has 0 spiro atoms. The van der Waals surface area contributed by atoms with Gasteiger partial charge in [0.15, 0.2) is 0 Å². The Morgan fingerprint density at radius 3 is 2.49 bits per heavy atom. The van der Waals surface area contributed by atoms with E-state index in [1.54, 1.807) is 48.2 Å². The van der Waals surface area contributed by atoms with Crippen molar-refractivity contribution in [2.75, 3.05) is 37.4 Å². The average molecular weight is 631 g/mol. The van der Waals surface area contributed by atoms with Crippen LogP contribution >= 0.6 is 0 Å². The topological polar surface area (TPSA) is 128 Å². The minimum Gasteiger partial charge on any atom is -0.488 e. The molecule has 0 bridgehead atoms. The number of aryl methyl sites for hydroxylation is 1. The highest BCUT2D eigenvalue weighted by Crippen LogP contribution is 2.31. The van der Waals surface area contributed by atoms with Gasteiger partial charge in [-0.2, -0.15) is 4.31 Å². The van der Waals surface area contributed by atoms with Gasteiger partial charge >= 0.3 is 6.03 Å². The number of fused-ring (bicyclic) bond motifs is 2. The number of carbonyl (C=O) groups is 2. The first-order valence-corrected chi connectivity index (χ1v) is 16.2. The van der Waals surface area contributed by atoms with Crippen LogP contribution in [0, 0.1) is 12.8 Å².